The van der Waals surface area contributed by atoms with Crippen molar-refractivity contribution in [3.8, 4) is 11.5 Å². The van der Waals surface area contributed by atoms with Crippen LogP contribution in [0.15, 0.2) is 77.7 Å². The van der Waals surface area contributed by atoms with E-state index < -0.39 is 5.91 Å². The van der Waals surface area contributed by atoms with E-state index in [4.69, 9.17) is 31.8 Å². The summed E-state index contributed by atoms with van der Waals surface area (Å²) in [6.07, 6.45) is 2.19. The molecule has 0 unspecified atom stereocenters. The molecule has 0 radical (unpaired) electrons. The smallest absolute Gasteiger partial charge is 0.278 e. The molecule has 0 bridgehead atoms. The number of fused-ring (bicyclic) bond motifs is 2. The van der Waals surface area contributed by atoms with Gasteiger partial charge in [-0.25, -0.2) is 4.57 Å². The Hall–Kier alpha value is -4.63. The third kappa shape index (κ3) is 5.08. The van der Waals surface area contributed by atoms with Gasteiger partial charge >= 0.3 is 0 Å². The Balaban J connectivity index is 1.52. The van der Waals surface area contributed by atoms with Gasteiger partial charge in [0, 0.05) is 23.3 Å². The number of anilines is 1. The number of amides is 1. The molecule has 0 spiro atoms. The number of nitrogens with two attached hydrogens (primary N) is 1. The van der Waals surface area contributed by atoms with Gasteiger partial charge in [0.2, 0.25) is 11.5 Å². The number of rotatable bonds is 8. The highest BCUT2D eigenvalue weighted by Gasteiger charge is 2.25. The number of hydrogen-bond acceptors (Lipinski definition) is 6. The number of nitrogen functional groups attached to an aromatic ring is 1. The second kappa shape index (κ2) is 11.0. The van der Waals surface area contributed by atoms with Crippen LogP contribution >= 0.6 is 11.6 Å². The molecule has 1 amide bonds. The molecule has 3 heterocycles. The first-order valence-corrected chi connectivity index (χ1v) is 12.6. The molecule has 0 atom stereocenters. The van der Waals surface area contributed by atoms with Gasteiger partial charge in [0.15, 0.2) is 11.5 Å². The van der Waals surface area contributed by atoms with E-state index >= 15 is 0 Å². The fraction of sp³-hybridized carbons (Fsp3) is 0.172. The van der Waals surface area contributed by atoms with E-state index in [2.05, 4.69) is 5.32 Å². The molecule has 9 nitrogen and oxygen atoms in total. The Kier molecular flexibility index (Phi) is 7.33. The first kappa shape index (κ1) is 26.0. The summed E-state index contributed by atoms with van der Waals surface area (Å²) >= 11 is 6.44. The summed E-state index contributed by atoms with van der Waals surface area (Å²) in [6, 6.07) is 19.7. The van der Waals surface area contributed by atoms with E-state index in [9.17, 15) is 9.59 Å². The average Bonchev–Trinajstić information content (AvgIpc) is 2.95. The first-order valence-electron chi connectivity index (χ1n) is 12.3. The highest BCUT2D eigenvalue weighted by Crippen LogP contribution is 2.27. The lowest BCUT2D eigenvalue weighted by atomic mass is 10.1. The fourth-order valence-electron chi connectivity index (χ4n) is 4.49. The van der Waals surface area contributed by atoms with Crippen LogP contribution in [-0.4, -0.2) is 36.1 Å². The summed E-state index contributed by atoms with van der Waals surface area (Å²) in [7, 11) is 3.15. The monoisotopic (exact) mass is 544 g/mol. The molecule has 2 aromatic carbocycles. The van der Waals surface area contributed by atoms with E-state index in [0.717, 1.165) is 11.1 Å². The first-order chi connectivity index (χ1) is 18.9. The maximum absolute atomic E-state index is 13.4. The van der Waals surface area contributed by atoms with Crippen LogP contribution in [-0.2, 0) is 13.0 Å². The number of ether oxygens (including phenoxy) is 2. The van der Waals surface area contributed by atoms with Gasteiger partial charge in [0.1, 0.15) is 10.9 Å². The van der Waals surface area contributed by atoms with Gasteiger partial charge in [-0.3, -0.25) is 14.0 Å². The van der Waals surface area contributed by atoms with E-state index in [-0.39, 0.29) is 28.9 Å². The number of nitrogens with one attached hydrogen (secondary N) is 1. The number of pyridine rings is 2. The van der Waals surface area contributed by atoms with Crippen molar-refractivity contribution in [3.05, 3.63) is 105 Å². The molecule has 10 heteroatoms. The van der Waals surface area contributed by atoms with E-state index in [1.54, 1.807) is 49.2 Å². The van der Waals surface area contributed by atoms with Crippen molar-refractivity contribution in [1.82, 2.24) is 14.7 Å². The molecule has 0 saturated heterocycles. The van der Waals surface area contributed by atoms with Gasteiger partial charge in [0.05, 0.1) is 20.8 Å². The predicted octanol–water partition coefficient (Wildman–Crippen LogP) is 3.41. The maximum Gasteiger partial charge on any atom is 0.278 e. The minimum absolute atomic E-state index is 0.177. The summed E-state index contributed by atoms with van der Waals surface area (Å²) in [4.78, 5) is 31.5. The molecular formula is C29H27ClN5O4+. The highest BCUT2D eigenvalue weighted by atomic mass is 35.5. The number of halogens is 1. The van der Waals surface area contributed by atoms with Crippen LogP contribution in [0.3, 0.4) is 0 Å². The van der Waals surface area contributed by atoms with Crippen LogP contribution < -0.4 is 30.7 Å². The van der Waals surface area contributed by atoms with Crippen molar-refractivity contribution >= 4 is 40.0 Å². The molecule has 39 heavy (non-hydrogen) atoms. The highest BCUT2D eigenvalue weighted by molar-refractivity contribution is 6.31. The van der Waals surface area contributed by atoms with E-state index in [1.807, 2.05) is 36.4 Å². The van der Waals surface area contributed by atoms with Gasteiger partial charge in [-0.2, -0.15) is 0 Å². The summed E-state index contributed by atoms with van der Waals surface area (Å²) in [5.41, 5.74) is 9.02. The topological polar surface area (TPSA) is 112 Å². The Morgan fingerprint density at radius 3 is 2.59 bits per heavy atom. The molecule has 0 saturated carbocycles. The second-order valence-electron chi connectivity index (χ2n) is 8.90. The van der Waals surface area contributed by atoms with E-state index in [0.29, 0.717) is 40.8 Å². The number of aromatic nitrogens is 3. The summed E-state index contributed by atoms with van der Waals surface area (Å²) in [6.45, 7) is 0.565. The molecule has 198 valence electrons. The quantitative estimate of drug-likeness (QED) is 0.229. The van der Waals surface area contributed by atoms with Crippen molar-refractivity contribution in [2.24, 2.45) is 0 Å². The minimum atomic E-state index is -0.402. The number of hydrogen-bond donors (Lipinski definition) is 2. The normalized spacial score (nSPS) is 11.1. The Morgan fingerprint density at radius 1 is 1.05 bits per heavy atom. The lowest BCUT2D eigenvalue weighted by molar-refractivity contribution is -0.649. The van der Waals surface area contributed by atoms with Crippen LogP contribution in [0.2, 0.25) is 5.02 Å². The lowest BCUT2D eigenvalue weighted by Gasteiger charge is -2.13. The van der Waals surface area contributed by atoms with Gasteiger partial charge in [0.25, 0.3) is 17.1 Å². The van der Waals surface area contributed by atoms with Crippen LogP contribution in [0.5, 0.6) is 11.5 Å². The number of carbonyl (C=O) groups is 1. The molecule has 5 rings (SSSR count). The zero-order valence-electron chi connectivity index (χ0n) is 21.5. The molecule has 0 aliphatic carbocycles. The number of methoxy groups -OCH3 is 2. The Labute approximate surface area is 229 Å². The van der Waals surface area contributed by atoms with Crippen molar-refractivity contribution in [2.75, 3.05) is 26.5 Å². The van der Waals surface area contributed by atoms with E-state index in [1.165, 1.54) is 10.5 Å². The fourth-order valence-corrected chi connectivity index (χ4v) is 4.69. The van der Waals surface area contributed by atoms with Gasteiger partial charge < -0.3 is 20.5 Å². The Bertz CT molecular complexity index is 1770. The molecule has 3 aromatic heterocycles. The van der Waals surface area contributed by atoms with Crippen molar-refractivity contribution in [2.45, 2.75) is 13.0 Å². The molecular weight excluding hydrogens is 518 g/mol. The van der Waals surface area contributed by atoms with Crippen molar-refractivity contribution in [1.29, 1.82) is 0 Å². The molecule has 0 aliphatic heterocycles. The summed E-state index contributed by atoms with van der Waals surface area (Å²) in [5, 5.41) is 3.73. The maximum atomic E-state index is 13.4. The Morgan fingerprint density at radius 2 is 1.82 bits per heavy atom. The third-order valence-corrected chi connectivity index (χ3v) is 6.91. The van der Waals surface area contributed by atoms with Gasteiger partial charge in [-0.15, -0.1) is 0 Å². The summed E-state index contributed by atoms with van der Waals surface area (Å²) < 4.78 is 13.8. The van der Waals surface area contributed by atoms with Gasteiger partial charge in [-0.05, 0) is 48.4 Å². The van der Waals surface area contributed by atoms with Gasteiger partial charge in [-0.1, -0.05) is 46.9 Å². The number of benzene rings is 2. The average molecular weight is 545 g/mol. The van der Waals surface area contributed by atoms with Crippen LogP contribution in [0.4, 0.5) is 5.82 Å². The van der Waals surface area contributed by atoms with Crippen LogP contribution in [0.1, 0.15) is 21.5 Å². The third-order valence-electron chi connectivity index (χ3n) is 6.54. The van der Waals surface area contributed by atoms with Crippen molar-refractivity contribution < 1.29 is 18.8 Å². The largest absolute Gasteiger partial charge is 0.493 e. The minimum Gasteiger partial charge on any atom is -0.493 e. The standard InChI is InChI=1S/C29H26ClN5O4/c1-38-23-11-10-18(15-24(23)39-2)12-13-32-28(36)20-16-21-27(33-25-9-5-6-14-34(25)29(21)37)35(26(20)31)17-19-7-3-4-8-22(19)30/h3-11,14-16,31H,12-13,17H2,1-2H3,(H,32,36)/p+1. The molecule has 3 N–H and O–H groups in total. The molecule has 5 aromatic rings. The predicted molar refractivity (Wildman–Crippen MR) is 150 cm³/mol. The number of carbonyl (C=O) groups excluding carboxylic acids is 1. The van der Waals surface area contributed by atoms with Crippen LogP contribution in [0.25, 0.3) is 16.7 Å². The zero-order chi connectivity index (χ0) is 27.5. The zero-order valence-corrected chi connectivity index (χ0v) is 22.2. The lowest BCUT2D eigenvalue weighted by Crippen LogP contribution is -2.43. The van der Waals surface area contributed by atoms with Crippen LogP contribution in [0, 0.1) is 0 Å². The molecule has 0 fully saturated rings. The van der Waals surface area contributed by atoms with Crippen molar-refractivity contribution in [3.63, 3.8) is 0 Å². The SMILES string of the molecule is COc1ccc(CCNC(=O)c2cc3c(=O)n4ccccc4nc3[n+](Cc3ccccc3Cl)c2N)cc1OC. The molecule has 0 aliphatic rings. The number of nitrogens with zero attached hydrogens (tertiary/aromatic N) is 3. The summed E-state index contributed by atoms with van der Waals surface area (Å²) in [5.74, 6) is 1.02. The second-order valence-corrected chi connectivity index (χ2v) is 9.31.